The van der Waals surface area contributed by atoms with Crippen LogP contribution in [0.3, 0.4) is 0 Å². The molecule has 0 aliphatic heterocycles. The number of hydrogen-bond donors (Lipinski definition) is 0. The zero-order valence-electron chi connectivity index (χ0n) is 12.4. The average Bonchev–Trinajstić information content (AvgIpc) is 3.22. The highest BCUT2D eigenvalue weighted by molar-refractivity contribution is 7.14. The molecule has 1 aromatic rings. The number of nitrogens with zero attached hydrogens (tertiary/aromatic N) is 1. The quantitative estimate of drug-likeness (QED) is 0.786. The summed E-state index contributed by atoms with van der Waals surface area (Å²) in [4.78, 5) is 28.3. The third-order valence-corrected chi connectivity index (χ3v) is 5.29. The van der Waals surface area contributed by atoms with Gasteiger partial charge in [0.25, 0.3) is 5.91 Å². The van der Waals surface area contributed by atoms with E-state index in [-0.39, 0.29) is 24.5 Å². The van der Waals surface area contributed by atoms with Crippen LogP contribution >= 0.6 is 11.3 Å². The van der Waals surface area contributed by atoms with Gasteiger partial charge in [-0.1, -0.05) is 0 Å². The Bertz CT molecular complexity index is 524. The molecule has 0 aromatic carbocycles. The summed E-state index contributed by atoms with van der Waals surface area (Å²) in [5.41, 5.74) is 1.33. The van der Waals surface area contributed by atoms with E-state index in [1.54, 1.807) is 23.2 Å². The van der Waals surface area contributed by atoms with Crippen LogP contribution in [-0.2, 0) is 22.4 Å². The molecule has 5 heteroatoms. The highest BCUT2D eigenvalue weighted by atomic mass is 32.1. The van der Waals surface area contributed by atoms with E-state index in [1.165, 1.54) is 23.3 Å². The molecule has 0 unspecified atom stereocenters. The van der Waals surface area contributed by atoms with Crippen molar-refractivity contribution in [2.75, 3.05) is 13.2 Å². The Morgan fingerprint density at radius 3 is 2.76 bits per heavy atom. The summed E-state index contributed by atoms with van der Waals surface area (Å²) in [7, 11) is 0. The molecule has 0 atom stereocenters. The lowest BCUT2D eigenvalue weighted by Gasteiger charge is -2.20. The monoisotopic (exact) mass is 307 g/mol. The maximum absolute atomic E-state index is 12.7. The van der Waals surface area contributed by atoms with Gasteiger partial charge in [-0.15, -0.1) is 11.3 Å². The Labute approximate surface area is 129 Å². The fraction of sp³-hybridized carbons (Fsp3) is 0.625. The van der Waals surface area contributed by atoms with Crippen LogP contribution in [0.2, 0.25) is 0 Å². The van der Waals surface area contributed by atoms with E-state index >= 15 is 0 Å². The summed E-state index contributed by atoms with van der Waals surface area (Å²) in [6.07, 6.45) is 6.60. The van der Waals surface area contributed by atoms with Gasteiger partial charge in [0.05, 0.1) is 11.5 Å². The van der Waals surface area contributed by atoms with E-state index in [0.29, 0.717) is 6.61 Å². The Hall–Kier alpha value is -1.36. The van der Waals surface area contributed by atoms with Crippen LogP contribution in [-0.4, -0.2) is 36.0 Å². The van der Waals surface area contributed by atoms with Crippen molar-refractivity contribution < 1.29 is 14.3 Å². The predicted octanol–water partition coefficient (Wildman–Crippen LogP) is 2.79. The highest BCUT2D eigenvalue weighted by Gasteiger charge is 2.35. The Morgan fingerprint density at radius 1 is 1.33 bits per heavy atom. The standard InChI is InChI=1S/C16H21NO3S/c1-2-20-15(18)10-17(12-7-8-12)16(19)14-9-11-5-3-4-6-13(11)21-14/h9,12H,2-8,10H2,1H3. The van der Waals surface area contributed by atoms with E-state index in [9.17, 15) is 9.59 Å². The zero-order chi connectivity index (χ0) is 14.8. The molecule has 2 aliphatic rings. The van der Waals surface area contributed by atoms with Gasteiger partial charge in [0.2, 0.25) is 0 Å². The van der Waals surface area contributed by atoms with E-state index in [1.807, 2.05) is 6.07 Å². The first-order valence-corrected chi connectivity index (χ1v) is 8.59. The molecule has 1 saturated carbocycles. The number of ether oxygens (including phenoxy) is 1. The van der Waals surface area contributed by atoms with Crippen molar-refractivity contribution in [3.63, 3.8) is 0 Å². The molecule has 21 heavy (non-hydrogen) atoms. The van der Waals surface area contributed by atoms with Crippen molar-refractivity contribution in [3.8, 4) is 0 Å². The smallest absolute Gasteiger partial charge is 0.325 e. The molecule has 1 fully saturated rings. The Morgan fingerprint density at radius 2 is 2.10 bits per heavy atom. The normalized spacial score (nSPS) is 17.2. The van der Waals surface area contributed by atoms with Crippen LogP contribution in [0.15, 0.2) is 6.07 Å². The van der Waals surface area contributed by atoms with Crippen molar-refractivity contribution in [1.82, 2.24) is 4.90 Å². The molecule has 0 saturated heterocycles. The van der Waals surface area contributed by atoms with Gasteiger partial charge in [-0.25, -0.2) is 0 Å². The third-order valence-electron chi connectivity index (χ3n) is 4.06. The molecule has 0 spiro atoms. The predicted molar refractivity (Wildman–Crippen MR) is 81.7 cm³/mol. The van der Waals surface area contributed by atoms with Gasteiger partial charge in [-0.2, -0.15) is 0 Å². The minimum absolute atomic E-state index is 0.00459. The summed E-state index contributed by atoms with van der Waals surface area (Å²) in [5, 5.41) is 0. The molecule has 3 rings (SSSR count). The van der Waals surface area contributed by atoms with E-state index in [2.05, 4.69) is 0 Å². The number of carbonyl (C=O) groups excluding carboxylic acids is 2. The van der Waals surface area contributed by atoms with Gasteiger partial charge in [0.1, 0.15) is 6.54 Å². The van der Waals surface area contributed by atoms with Gasteiger partial charge in [-0.3, -0.25) is 9.59 Å². The number of hydrogen-bond acceptors (Lipinski definition) is 4. The number of rotatable bonds is 5. The van der Waals surface area contributed by atoms with Crippen LogP contribution in [0.4, 0.5) is 0 Å². The second-order valence-electron chi connectivity index (χ2n) is 5.74. The van der Waals surface area contributed by atoms with Crippen molar-refractivity contribution in [1.29, 1.82) is 0 Å². The highest BCUT2D eigenvalue weighted by Crippen LogP contribution is 2.33. The Kier molecular flexibility index (Phi) is 4.29. The van der Waals surface area contributed by atoms with Gasteiger partial charge < -0.3 is 9.64 Å². The lowest BCUT2D eigenvalue weighted by Crippen LogP contribution is -2.37. The summed E-state index contributed by atoms with van der Waals surface area (Å²) < 4.78 is 4.99. The summed E-state index contributed by atoms with van der Waals surface area (Å²) in [5.74, 6) is -0.302. The van der Waals surface area contributed by atoms with Gasteiger partial charge >= 0.3 is 5.97 Å². The van der Waals surface area contributed by atoms with E-state index < -0.39 is 0 Å². The molecule has 1 heterocycles. The number of aryl methyl sites for hydroxylation is 2. The fourth-order valence-corrected chi connectivity index (χ4v) is 4.05. The van der Waals surface area contributed by atoms with E-state index in [0.717, 1.165) is 30.6 Å². The Balaban J connectivity index is 1.74. The largest absolute Gasteiger partial charge is 0.465 e. The number of esters is 1. The van der Waals surface area contributed by atoms with Gasteiger partial charge in [-0.05, 0) is 57.1 Å². The molecule has 4 nitrogen and oxygen atoms in total. The molecule has 1 amide bonds. The van der Waals surface area contributed by atoms with Crippen molar-refractivity contribution in [3.05, 3.63) is 21.4 Å². The molecule has 114 valence electrons. The number of carbonyl (C=O) groups is 2. The lowest BCUT2D eigenvalue weighted by atomic mass is 9.99. The molecule has 0 N–H and O–H groups in total. The maximum Gasteiger partial charge on any atom is 0.325 e. The fourth-order valence-electron chi connectivity index (χ4n) is 2.84. The number of amides is 1. The van der Waals surface area contributed by atoms with Crippen LogP contribution < -0.4 is 0 Å². The summed E-state index contributed by atoms with van der Waals surface area (Å²) >= 11 is 1.61. The first-order chi connectivity index (χ1) is 10.2. The summed E-state index contributed by atoms with van der Waals surface area (Å²) in [6, 6.07) is 2.27. The first kappa shape index (κ1) is 14.6. The van der Waals surface area contributed by atoms with Crippen LogP contribution in [0, 0.1) is 0 Å². The van der Waals surface area contributed by atoms with Gasteiger partial charge in [0.15, 0.2) is 0 Å². The van der Waals surface area contributed by atoms with Crippen LogP contribution in [0.1, 0.15) is 52.7 Å². The van der Waals surface area contributed by atoms with Crippen molar-refractivity contribution >= 4 is 23.2 Å². The molecular weight excluding hydrogens is 286 g/mol. The van der Waals surface area contributed by atoms with Crippen LogP contribution in [0.5, 0.6) is 0 Å². The first-order valence-electron chi connectivity index (χ1n) is 7.77. The number of thiophene rings is 1. The molecule has 1 aromatic heterocycles. The SMILES string of the molecule is CCOC(=O)CN(C(=O)c1cc2c(s1)CCCC2)C1CC1. The average molecular weight is 307 g/mol. The van der Waals surface area contributed by atoms with E-state index in [4.69, 9.17) is 4.74 Å². The van der Waals surface area contributed by atoms with Crippen molar-refractivity contribution in [2.45, 2.75) is 51.5 Å². The summed E-state index contributed by atoms with van der Waals surface area (Å²) in [6.45, 7) is 2.23. The molecule has 0 bridgehead atoms. The van der Waals surface area contributed by atoms with Gasteiger partial charge in [0, 0.05) is 10.9 Å². The zero-order valence-corrected chi connectivity index (χ0v) is 13.2. The lowest BCUT2D eigenvalue weighted by molar-refractivity contribution is -0.143. The van der Waals surface area contributed by atoms with Crippen molar-refractivity contribution in [2.24, 2.45) is 0 Å². The maximum atomic E-state index is 12.7. The topological polar surface area (TPSA) is 46.6 Å². The second-order valence-corrected chi connectivity index (χ2v) is 6.87. The molecule has 0 radical (unpaired) electrons. The second kappa shape index (κ2) is 6.18. The minimum Gasteiger partial charge on any atom is -0.465 e. The minimum atomic E-state index is -0.306. The number of fused-ring (bicyclic) bond motifs is 1. The molecular formula is C16H21NO3S. The molecule has 2 aliphatic carbocycles. The third kappa shape index (κ3) is 3.28. The van der Waals surface area contributed by atoms with Crippen LogP contribution in [0.25, 0.3) is 0 Å².